The van der Waals surface area contributed by atoms with Crippen LogP contribution in [0.4, 0.5) is 11.4 Å². The number of halogens is 1. The number of amides is 1. The van der Waals surface area contributed by atoms with Gasteiger partial charge in [-0.15, -0.1) is 0 Å². The minimum atomic E-state index is -4.08. The van der Waals surface area contributed by atoms with Gasteiger partial charge in [0.05, 0.1) is 21.1 Å². The van der Waals surface area contributed by atoms with E-state index in [1.54, 1.807) is 0 Å². The summed E-state index contributed by atoms with van der Waals surface area (Å²) in [5.41, 5.74) is 5.05. The van der Waals surface area contributed by atoms with Crippen molar-refractivity contribution < 1.29 is 18.1 Å². The lowest BCUT2D eigenvalue weighted by Crippen LogP contribution is -2.19. The molecular formula is C14H12ClN3O5S. The van der Waals surface area contributed by atoms with Gasteiger partial charge in [-0.1, -0.05) is 11.6 Å². The molecule has 0 saturated heterocycles. The summed E-state index contributed by atoms with van der Waals surface area (Å²) in [5.74, 6) is -0.851. The van der Waals surface area contributed by atoms with E-state index in [1.807, 2.05) is 0 Å². The van der Waals surface area contributed by atoms with Crippen LogP contribution in [0, 0.1) is 17.0 Å². The highest BCUT2D eigenvalue weighted by molar-refractivity contribution is 7.92. The number of carbonyl (C=O) groups is 1. The Bertz CT molecular complexity index is 943. The SMILES string of the molecule is Cc1cc([N+](=O)[O-])ccc1S(=O)(=O)Nc1ccc(Cl)cc1C(N)=O. The van der Waals surface area contributed by atoms with Crippen LogP contribution in [-0.2, 0) is 10.0 Å². The normalized spacial score (nSPS) is 11.1. The average Bonchev–Trinajstić information content (AvgIpc) is 2.48. The van der Waals surface area contributed by atoms with E-state index >= 15 is 0 Å². The van der Waals surface area contributed by atoms with Crippen molar-refractivity contribution in [1.82, 2.24) is 0 Å². The monoisotopic (exact) mass is 369 g/mol. The van der Waals surface area contributed by atoms with E-state index in [1.165, 1.54) is 25.1 Å². The molecule has 2 aromatic rings. The van der Waals surface area contributed by atoms with Gasteiger partial charge >= 0.3 is 0 Å². The first-order valence-electron chi connectivity index (χ1n) is 6.49. The third kappa shape index (κ3) is 3.63. The average molecular weight is 370 g/mol. The first kappa shape index (κ1) is 17.7. The highest BCUT2D eigenvalue weighted by Gasteiger charge is 2.21. The number of hydrogen-bond acceptors (Lipinski definition) is 5. The third-order valence-electron chi connectivity index (χ3n) is 3.15. The smallest absolute Gasteiger partial charge is 0.269 e. The molecule has 2 rings (SSSR count). The Morgan fingerprint density at radius 2 is 1.92 bits per heavy atom. The van der Waals surface area contributed by atoms with Gasteiger partial charge in [-0.3, -0.25) is 19.6 Å². The van der Waals surface area contributed by atoms with Crippen molar-refractivity contribution in [2.75, 3.05) is 4.72 Å². The maximum absolute atomic E-state index is 12.5. The van der Waals surface area contributed by atoms with E-state index in [2.05, 4.69) is 4.72 Å². The largest absolute Gasteiger partial charge is 0.366 e. The number of primary amides is 1. The number of non-ortho nitro benzene ring substituents is 1. The highest BCUT2D eigenvalue weighted by Crippen LogP contribution is 2.26. The fourth-order valence-electron chi connectivity index (χ4n) is 2.06. The Labute approximate surface area is 142 Å². The number of carbonyl (C=O) groups excluding carboxylic acids is 1. The van der Waals surface area contributed by atoms with Gasteiger partial charge in [0.2, 0.25) is 0 Å². The number of nitrogens with one attached hydrogen (secondary N) is 1. The number of nitro benzene ring substituents is 1. The molecule has 0 aromatic heterocycles. The van der Waals surface area contributed by atoms with Crippen molar-refractivity contribution >= 4 is 38.9 Å². The van der Waals surface area contributed by atoms with Crippen molar-refractivity contribution in [1.29, 1.82) is 0 Å². The fraction of sp³-hybridized carbons (Fsp3) is 0.0714. The van der Waals surface area contributed by atoms with Gasteiger partial charge in [-0.05, 0) is 36.8 Å². The number of aryl methyl sites for hydroxylation is 1. The summed E-state index contributed by atoms with van der Waals surface area (Å²) >= 11 is 5.77. The van der Waals surface area contributed by atoms with E-state index < -0.39 is 20.9 Å². The molecule has 0 atom stereocenters. The van der Waals surface area contributed by atoms with Crippen molar-refractivity contribution in [3.63, 3.8) is 0 Å². The molecule has 0 radical (unpaired) electrons. The van der Waals surface area contributed by atoms with E-state index in [9.17, 15) is 23.3 Å². The lowest BCUT2D eigenvalue weighted by molar-refractivity contribution is -0.385. The van der Waals surface area contributed by atoms with Gasteiger partial charge in [-0.25, -0.2) is 8.42 Å². The van der Waals surface area contributed by atoms with Crippen LogP contribution >= 0.6 is 11.6 Å². The van der Waals surface area contributed by atoms with E-state index in [-0.39, 0.29) is 32.4 Å². The number of hydrogen-bond donors (Lipinski definition) is 2. The summed E-state index contributed by atoms with van der Waals surface area (Å²) < 4.78 is 27.2. The molecule has 1 amide bonds. The predicted molar refractivity (Wildman–Crippen MR) is 88.6 cm³/mol. The first-order valence-corrected chi connectivity index (χ1v) is 8.35. The quantitative estimate of drug-likeness (QED) is 0.617. The van der Waals surface area contributed by atoms with Gasteiger partial charge in [-0.2, -0.15) is 0 Å². The summed E-state index contributed by atoms with van der Waals surface area (Å²) in [6.45, 7) is 1.43. The van der Waals surface area contributed by atoms with Crippen LogP contribution in [0.2, 0.25) is 5.02 Å². The highest BCUT2D eigenvalue weighted by atomic mass is 35.5. The summed E-state index contributed by atoms with van der Waals surface area (Å²) in [7, 11) is -4.08. The molecule has 0 heterocycles. The third-order valence-corrected chi connectivity index (χ3v) is 4.91. The van der Waals surface area contributed by atoms with Gasteiger partial charge < -0.3 is 5.73 Å². The van der Waals surface area contributed by atoms with Gasteiger partial charge in [0.25, 0.3) is 21.6 Å². The number of benzene rings is 2. The Morgan fingerprint density at radius 3 is 2.46 bits per heavy atom. The molecular weight excluding hydrogens is 358 g/mol. The van der Waals surface area contributed by atoms with Crippen LogP contribution in [0.3, 0.4) is 0 Å². The zero-order valence-electron chi connectivity index (χ0n) is 12.3. The molecule has 0 aliphatic rings. The number of nitro groups is 1. The zero-order chi connectivity index (χ0) is 18.1. The number of nitrogens with zero attached hydrogens (tertiary/aromatic N) is 1. The van der Waals surface area contributed by atoms with Crippen molar-refractivity contribution in [3.8, 4) is 0 Å². The maximum atomic E-state index is 12.5. The van der Waals surface area contributed by atoms with Gasteiger partial charge in [0, 0.05) is 17.2 Å². The number of sulfonamides is 1. The Balaban J connectivity index is 2.47. The topological polar surface area (TPSA) is 132 Å². The van der Waals surface area contributed by atoms with Gasteiger partial charge in [0.1, 0.15) is 0 Å². The molecule has 0 aliphatic carbocycles. The van der Waals surface area contributed by atoms with Crippen LogP contribution in [0.1, 0.15) is 15.9 Å². The number of anilines is 1. The Morgan fingerprint density at radius 1 is 1.25 bits per heavy atom. The minimum absolute atomic E-state index is 0.0374. The summed E-state index contributed by atoms with van der Waals surface area (Å²) in [6.07, 6.45) is 0. The molecule has 0 spiro atoms. The molecule has 3 N–H and O–H groups in total. The molecule has 0 bridgehead atoms. The van der Waals surface area contributed by atoms with E-state index in [0.29, 0.717) is 0 Å². The number of rotatable bonds is 5. The van der Waals surface area contributed by atoms with Crippen LogP contribution in [0.25, 0.3) is 0 Å². The molecule has 0 aliphatic heterocycles. The second kappa shape index (κ2) is 6.46. The lowest BCUT2D eigenvalue weighted by Gasteiger charge is -2.12. The van der Waals surface area contributed by atoms with Crippen LogP contribution in [0.15, 0.2) is 41.3 Å². The summed E-state index contributed by atoms with van der Waals surface area (Å²) in [5, 5.41) is 11.0. The van der Waals surface area contributed by atoms with Crippen LogP contribution in [0.5, 0.6) is 0 Å². The maximum Gasteiger partial charge on any atom is 0.269 e. The Kier molecular flexibility index (Phi) is 4.76. The second-order valence-corrected chi connectivity index (χ2v) is 6.95. The standard InChI is InChI=1S/C14H12ClN3O5S/c1-8-6-10(18(20)21)3-5-13(8)24(22,23)17-12-4-2-9(15)7-11(12)14(16)19/h2-7,17H,1H3,(H2,16,19). The first-order chi connectivity index (χ1) is 11.1. The molecule has 126 valence electrons. The minimum Gasteiger partial charge on any atom is -0.366 e. The molecule has 0 fully saturated rings. The fourth-order valence-corrected chi connectivity index (χ4v) is 3.54. The van der Waals surface area contributed by atoms with E-state index in [0.717, 1.165) is 18.2 Å². The Hall–Kier alpha value is -2.65. The van der Waals surface area contributed by atoms with Crippen LogP contribution < -0.4 is 10.5 Å². The summed E-state index contributed by atoms with van der Waals surface area (Å²) in [4.78, 5) is 21.4. The summed E-state index contributed by atoms with van der Waals surface area (Å²) in [6, 6.07) is 7.29. The molecule has 2 aromatic carbocycles. The molecule has 8 nitrogen and oxygen atoms in total. The van der Waals surface area contributed by atoms with Crippen LogP contribution in [-0.4, -0.2) is 19.2 Å². The van der Waals surface area contributed by atoms with Crippen molar-refractivity contribution in [2.45, 2.75) is 11.8 Å². The molecule has 0 saturated carbocycles. The second-order valence-electron chi connectivity index (χ2n) is 4.87. The number of nitrogens with two attached hydrogens (primary N) is 1. The van der Waals surface area contributed by atoms with Gasteiger partial charge in [0.15, 0.2) is 0 Å². The zero-order valence-corrected chi connectivity index (χ0v) is 13.9. The predicted octanol–water partition coefficient (Wildman–Crippen LogP) is 2.46. The molecule has 0 unspecified atom stereocenters. The molecule has 10 heteroatoms. The molecule has 24 heavy (non-hydrogen) atoms. The van der Waals surface area contributed by atoms with Crippen molar-refractivity contribution in [2.24, 2.45) is 5.73 Å². The van der Waals surface area contributed by atoms with Crippen molar-refractivity contribution in [3.05, 3.63) is 62.7 Å². The van der Waals surface area contributed by atoms with E-state index in [4.69, 9.17) is 17.3 Å². The lowest BCUT2D eigenvalue weighted by atomic mass is 10.2.